The molecule has 0 amide bonds. The van der Waals surface area contributed by atoms with Crippen molar-refractivity contribution < 1.29 is 0 Å². The molecule has 4 bridgehead atoms. The summed E-state index contributed by atoms with van der Waals surface area (Å²) >= 11 is 0. The first kappa shape index (κ1) is 8.59. The summed E-state index contributed by atoms with van der Waals surface area (Å²) < 4.78 is 0. The molecule has 0 spiro atoms. The van der Waals surface area contributed by atoms with Crippen LogP contribution in [0.15, 0.2) is 0 Å². The van der Waals surface area contributed by atoms with Crippen molar-refractivity contribution in [1.29, 1.82) is 0 Å². The van der Waals surface area contributed by atoms with Gasteiger partial charge in [0.05, 0.1) is 0 Å². The SMILES string of the molecule is C1C2CC3CC1CC(C2)C3.[Na]. The zero-order valence-electron chi connectivity index (χ0n) is 7.55. The van der Waals surface area contributed by atoms with Crippen LogP contribution in [0.4, 0.5) is 0 Å². The van der Waals surface area contributed by atoms with Crippen LogP contribution in [0.25, 0.3) is 0 Å². The maximum atomic E-state index is 1.60. The van der Waals surface area contributed by atoms with Gasteiger partial charge in [0.1, 0.15) is 0 Å². The van der Waals surface area contributed by atoms with Crippen molar-refractivity contribution in [3.63, 3.8) is 0 Å². The van der Waals surface area contributed by atoms with Crippen LogP contribution >= 0.6 is 0 Å². The number of hydrogen-bond donors (Lipinski definition) is 0. The molecule has 57 valence electrons. The quantitative estimate of drug-likeness (QED) is 0.476. The zero-order valence-corrected chi connectivity index (χ0v) is 9.55. The smallest absolute Gasteiger partial charge is 0 e. The van der Waals surface area contributed by atoms with Crippen molar-refractivity contribution in [3.05, 3.63) is 0 Å². The topological polar surface area (TPSA) is 0 Å². The van der Waals surface area contributed by atoms with Gasteiger partial charge in [-0.3, -0.25) is 0 Å². The third-order valence-corrected chi connectivity index (χ3v) is 4.00. The normalized spacial score (nSPS) is 52.4. The van der Waals surface area contributed by atoms with Gasteiger partial charge in [0.15, 0.2) is 0 Å². The molecule has 0 atom stereocenters. The fraction of sp³-hybridized carbons (Fsp3) is 1.00. The largest absolute Gasteiger partial charge is 0.0475 e. The van der Waals surface area contributed by atoms with Crippen molar-refractivity contribution in [2.75, 3.05) is 0 Å². The van der Waals surface area contributed by atoms with E-state index in [1.54, 1.807) is 38.5 Å². The summed E-state index contributed by atoms with van der Waals surface area (Å²) in [5, 5.41) is 0. The molecule has 4 aliphatic rings. The fourth-order valence-corrected chi connectivity index (χ4v) is 3.98. The minimum absolute atomic E-state index is 0. The molecular formula is C10H16Na. The van der Waals surface area contributed by atoms with Gasteiger partial charge in [0.2, 0.25) is 0 Å². The van der Waals surface area contributed by atoms with E-state index < -0.39 is 0 Å². The second-order valence-corrected chi connectivity index (χ2v) is 4.88. The Labute approximate surface area is 91.4 Å². The standard InChI is InChI=1S/C10H16.Na/c1-7-2-9-4-8(1)5-10(3-7)6-9;/h7-10H,1-6H2;. The van der Waals surface area contributed by atoms with Crippen LogP contribution < -0.4 is 0 Å². The van der Waals surface area contributed by atoms with Gasteiger partial charge in [-0.25, -0.2) is 0 Å². The maximum absolute atomic E-state index is 1.60. The van der Waals surface area contributed by atoms with Crippen LogP contribution in [0, 0.1) is 23.7 Å². The van der Waals surface area contributed by atoms with E-state index in [0.29, 0.717) is 0 Å². The van der Waals surface area contributed by atoms with Gasteiger partial charge in [-0.15, -0.1) is 0 Å². The molecule has 4 fully saturated rings. The molecule has 0 unspecified atom stereocenters. The molecule has 0 aromatic carbocycles. The molecule has 0 nitrogen and oxygen atoms in total. The molecule has 11 heavy (non-hydrogen) atoms. The van der Waals surface area contributed by atoms with Crippen LogP contribution in [-0.4, -0.2) is 29.6 Å². The van der Waals surface area contributed by atoms with Gasteiger partial charge in [0.25, 0.3) is 0 Å². The van der Waals surface area contributed by atoms with Gasteiger partial charge < -0.3 is 0 Å². The van der Waals surface area contributed by atoms with Crippen LogP contribution in [-0.2, 0) is 0 Å². The number of rotatable bonds is 0. The van der Waals surface area contributed by atoms with Crippen LogP contribution in [0.1, 0.15) is 38.5 Å². The second-order valence-electron chi connectivity index (χ2n) is 4.88. The van der Waals surface area contributed by atoms with E-state index in [4.69, 9.17) is 0 Å². The van der Waals surface area contributed by atoms with Crippen molar-refractivity contribution in [3.8, 4) is 0 Å². The summed E-state index contributed by atoms with van der Waals surface area (Å²) in [4.78, 5) is 0. The Morgan fingerprint density at radius 2 is 0.636 bits per heavy atom. The first-order valence-electron chi connectivity index (χ1n) is 4.90. The van der Waals surface area contributed by atoms with E-state index in [2.05, 4.69) is 0 Å². The van der Waals surface area contributed by atoms with Gasteiger partial charge in [-0.1, -0.05) is 0 Å². The Bertz CT molecular complexity index is 96.4. The molecule has 0 N–H and O–H groups in total. The minimum Gasteiger partial charge on any atom is -0.0475 e. The van der Waals surface area contributed by atoms with E-state index >= 15 is 0 Å². The second kappa shape index (κ2) is 3.05. The van der Waals surface area contributed by atoms with Crippen molar-refractivity contribution in [2.45, 2.75) is 38.5 Å². The molecule has 1 heteroatoms. The summed E-state index contributed by atoms with van der Waals surface area (Å²) in [5.74, 6) is 4.71. The van der Waals surface area contributed by atoms with Crippen LogP contribution in [0.2, 0.25) is 0 Å². The van der Waals surface area contributed by atoms with Crippen molar-refractivity contribution in [1.82, 2.24) is 0 Å². The van der Waals surface area contributed by atoms with E-state index in [1.165, 1.54) is 23.7 Å². The van der Waals surface area contributed by atoms with Gasteiger partial charge in [-0.2, -0.15) is 0 Å². The minimum atomic E-state index is 0. The predicted molar refractivity (Wildman–Crippen MR) is 47.4 cm³/mol. The monoisotopic (exact) mass is 159 g/mol. The van der Waals surface area contributed by atoms with E-state index in [1.807, 2.05) is 0 Å². The number of hydrogen-bond acceptors (Lipinski definition) is 0. The summed E-state index contributed by atoms with van der Waals surface area (Å²) in [5.41, 5.74) is 0. The molecule has 4 aliphatic carbocycles. The Morgan fingerprint density at radius 3 is 0.818 bits per heavy atom. The first-order chi connectivity index (χ1) is 4.90. The predicted octanol–water partition coefficient (Wildman–Crippen LogP) is 2.45. The molecule has 0 aromatic heterocycles. The fourth-order valence-electron chi connectivity index (χ4n) is 3.98. The van der Waals surface area contributed by atoms with Crippen LogP contribution in [0.3, 0.4) is 0 Å². The van der Waals surface area contributed by atoms with Crippen molar-refractivity contribution >= 4 is 29.6 Å². The average molecular weight is 159 g/mol. The van der Waals surface area contributed by atoms with Gasteiger partial charge in [-0.05, 0) is 62.2 Å². The molecule has 0 aromatic rings. The van der Waals surface area contributed by atoms with Crippen molar-refractivity contribution in [2.24, 2.45) is 23.7 Å². The zero-order chi connectivity index (χ0) is 6.55. The maximum Gasteiger partial charge on any atom is 0 e. The average Bonchev–Trinajstić information content (AvgIpc) is 1.82. The molecule has 1 radical (unpaired) electrons. The molecular weight excluding hydrogens is 143 g/mol. The molecule has 4 rings (SSSR count). The molecule has 4 saturated carbocycles. The Morgan fingerprint density at radius 1 is 0.455 bits per heavy atom. The third kappa shape index (κ3) is 1.43. The van der Waals surface area contributed by atoms with E-state index in [9.17, 15) is 0 Å². The summed E-state index contributed by atoms with van der Waals surface area (Å²) in [7, 11) is 0. The summed E-state index contributed by atoms with van der Waals surface area (Å²) in [6.07, 6.45) is 9.62. The first-order valence-corrected chi connectivity index (χ1v) is 4.90. The van der Waals surface area contributed by atoms with Gasteiger partial charge in [0, 0.05) is 29.6 Å². The summed E-state index contributed by atoms with van der Waals surface area (Å²) in [6.45, 7) is 0. The van der Waals surface area contributed by atoms with E-state index in [-0.39, 0.29) is 29.6 Å². The Balaban J connectivity index is 0.000000480. The Hall–Kier alpha value is 1.00. The third-order valence-electron chi connectivity index (χ3n) is 4.00. The van der Waals surface area contributed by atoms with Gasteiger partial charge >= 0.3 is 0 Å². The molecule has 0 saturated heterocycles. The Kier molecular flexibility index (Phi) is 2.38. The summed E-state index contributed by atoms with van der Waals surface area (Å²) in [6, 6.07) is 0. The molecule has 0 aliphatic heterocycles. The van der Waals surface area contributed by atoms with E-state index in [0.717, 1.165) is 0 Å². The molecule has 0 heterocycles. The van der Waals surface area contributed by atoms with Crippen LogP contribution in [0.5, 0.6) is 0 Å².